The van der Waals surface area contributed by atoms with E-state index in [1.807, 2.05) is 60.7 Å². The quantitative estimate of drug-likeness (QED) is 0.276. The minimum absolute atomic E-state index is 0.107. The Labute approximate surface area is 210 Å². The first-order valence-electron chi connectivity index (χ1n) is 11.5. The van der Waals surface area contributed by atoms with E-state index in [-0.39, 0.29) is 22.9 Å². The maximum absolute atomic E-state index is 13.3. The average molecular weight is 486 g/mol. The number of phenolic OH excluding ortho intramolecular Hbond substituents is 1. The highest BCUT2D eigenvalue weighted by Gasteiger charge is 2.20. The van der Waals surface area contributed by atoms with Gasteiger partial charge in [0.1, 0.15) is 5.69 Å². The first-order valence-corrected chi connectivity index (χ1v) is 11.5. The van der Waals surface area contributed by atoms with Crippen molar-refractivity contribution in [2.45, 2.75) is 0 Å². The lowest BCUT2D eigenvalue weighted by molar-refractivity contribution is 0.102. The number of carbonyl (C=O) groups excluding carboxylic acids is 1. The van der Waals surface area contributed by atoms with E-state index >= 15 is 0 Å². The lowest BCUT2D eigenvalue weighted by Gasteiger charge is -2.12. The molecule has 0 unspecified atom stereocenters. The van der Waals surface area contributed by atoms with Crippen LogP contribution in [-0.2, 0) is 0 Å². The molecule has 2 N–H and O–H groups in total. The zero-order chi connectivity index (χ0) is 25.2. The molecule has 4 aromatic carbocycles. The maximum Gasteiger partial charge on any atom is 0.260 e. The minimum atomic E-state index is -0.457. The number of phenols is 1. The van der Waals surface area contributed by atoms with Gasteiger partial charge in [-0.05, 0) is 47.2 Å². The molecule has 0 atom stereocenters. The van der Waals surface area contributed by atoms with Crippen molar-refractivity contribution < 1.29 is 9.90 Å². The van der Waals surface area contributed by atoms with Gasteiger partial charge >= 0.3 is 0 Å². The number of nitrogens with one attached hydrogen (secondary N) is 1. The fourth-order valence-electron chi connectivity index (χ4n) is 4.13. The van der Waals surface area contributed by atoms with Crippen LogP contribution in [0.5, 0.6) is 5.75 Å². The normalized spacial score (nSPS) is 11.4. The number of amides is 1. The Morgan fingerprint density at radius 3 is 2.41 bits per heavy atom. The first-order chi connectivity index (χ1) is 18.2. The van der Waals surface area contributed by atoms with Crippen molar-refractivity contribution in [1.82, 2.24) is 19.5 Å². The number of hydrogen-bond donors (Lipinski definition) is 2. The summed E-state index contributed by atoms with van der Waals surface area (Å²) in [5.41, 5.74) is 2.29. The third-order valence-corrected chi connectivity index (χ3v) is 5.80. The van der Waals surface area contributed by atoms with Crippen molar-refractivity contribution >= 4 is 45.0 Å². The molecule has 1 amide bonds. The van der Waals surface area contributed by atoms with Gasteiger partial charge in [0.2, 0.25) is 5.95 Å². The Hall–Kier alpha value is -5.44. The van der Waals surface area contributed by atoms with Crippen LogP contribution in [0.1, 0.15) is 10.4 Å². The van der Waals surface area contributed by atoms with Gasteiger partial charge in [0, 0.05) is 18.1 Å². The van der Waals surface area contributed by atoms with E-state index in [1.165, 1.54) is 0 Å². The van der Waals surface area contributed by atoms with Gasteiger partial charge in [0.05, 0.1) is 16.6 Å². The highest BCUT2D eigenvalue weighted by atomic mass is 16.3. The van der Waals surface area contributed by atoms with E-state index in [0.29, 0.717) is 22.5 Å². The molecule has 6 rings (SSSR count). The number of carbonyl (C=O) groups is 1. The Bertz CT molecular complexity index is 1780. The van der Waals surface area contributed by atoms with Gasteiger partial charge in [-0.3, -0.25) is 4.79 Å². The van der Waals surface area contributed by atoms with Crippen molar-refractivity contribution in [3.63, 3.8) is 0 Å². The van der Waals surface area contributed by atoms with Crippen LogP contribution in [0.4, 0.5) is 17.3 Å². The minimum Gasteiger partial charge on any atom is -0.505 e. The fraction of sp³-hybridized carbons (Fsp3) is 0. The average Bonchev–Trinajstić information content (AvgIpc) is 3.31. The van der Waals surface area contributed by atoms with Crippen LogP contribution in [0, 0.1) is 0 Å². The molecule has 9 nitrogen and oxygen atoms in total. The van der Waals surface area contributed by atoms with Crippen molar-refractivity contribution in [2.24, 2.45) is 10.2 Å². The number of rotatable bonds is 5. The molecule has 2 heterocycles. The molecule has 0 saturated heterocycles. The molecule has 178 valence electrons. The van der Waals surface area contributed by atoms with Crippen molar-refractivity contribution in [3.8, 4) is 11.7 Å². The van der Waals surface area contributed by atoms with Crippen molar-refractivity contribution in [2.75, 3.05) is 5.32 Å². The summed E-state index contributed by atoms with van der Waals surface area (Å²) in [7, 11) is 0. The molecule has 6 aromatic rings. The lowest BCUT2D eigenvalue weighted by atomic mass is 10.0. The van der Waals surface area contributed by atoms with E-state index < -0.39 is 5.91 Å². The monoisotopic (exact) mass is 485 g/mol. The summed E-state index contributed by atoms with van der Waals surface area (Å²) >= 11 is 0. The molecule has 37 heavy (non-hydrogen) atoms. The van der Waals surface area contributed by atoms with Crippen LogP contribution >= 0.6 is 0 Å². The number of anilines is 1. The Morgan fingerprint density at radius 1 is 0.838 bits per heavy atom. The third-order valence-electron chi connectivity index (χ3n) is 5.80. The maximum atomic E-state index is 13.3. The summed E-state index contributed by atoms with van der Waals surface area (Å²) < 4.78 is 1.68. The van der Waals surface area contributed by atoms with E-state index in [4.69, 9.17) is 0 Å². The zero-order valence-corrected chi connectivity index (χ0v) is 19.4. The van der Waals surface area contributed by atoms with E-state index in [2.05, 4.69) is 30.5 Å². The van der Waals surface area contributed by atoms with Crippen LogP contribution in [0.25, 0.3) is 27.8 Å². The predicted octanol–water partition coefficient (Wildman–Crippen LogP) is 6.34. The Balaban J connectivity index is 1.47. The fourth-order valence-corrected chi connectivity index (χ4v) is 4.13. The highest BCUT2D eigenvalue weighted by molar-refractivity contribution is 6.16. The van der Waals surface area contributed by atoms with Gasteiger partial charge < -0.3 is 10.4 Å². The van der Waals surface area contributed by atoms with Crippen LogP contribution < -0.4 is 5.32 Å². The summed E-state index contributed by atoms with van der Waals surface area (Å²) in [6.07, 6.45) is 3.26. The number of hydrogen-bond acceptors (Lipinski definition) is 7. The topological polar surface area (TPSA) is 118 Å². The lowest BCUT2D eigenvalue weighted by Crippen LogP contribution is -2.12. The summed E-state index contributed by atoms with van der Waals surface area (Å²) in [6.45, 7) is 0. The second-order valence-electron chi connectivity index (χ2n) is 8.15. The number of benzene rings is 4. The van der Waals surface area contributed by atoms with Gasteiger partial charge in [-0.25, -0.2) is 19.5 Å². The number of fused-ring (bicyclic) bond motifs is 2. The van der Waals surface area contributed by atoms with Gasteiger partial charge in [0.15, 0.2) is 5.75 Å². The molecule has 0 aliphatic heterocycles. The number of aromatic hydroxyl groups is 1. The Morgan fingerprint density at radius 2 is 1.57 bits per heavy atom. The summed E-state index contributed by atoms with van der Waals surface area (Å²) in [5.74, 6) is -0.123. The molecule has 0 aliphatic rings. The highest BCUT2D eigenvalue weighted by Crippen LogP contribution is 2.38. The number of azo groups is 1. The van der Waals surface area contributed by atoms with E-state index in [1.54, 1.807) is 47.3 Å². The molecular formula is C28H19N7O2. The van der Waals surface area contributed by atoms with Crippen LogP contribution in [0.15, 0.2) is 114 Å². The van der Waals surface area contributed by atoms with Crippen molar-refractivity contribution in [3.05, 3.63) is 109 Å². The number of nitrogens with zero attached hydrogens (tertiary/aromatic N) is 6. The smallest absolute Gasteiger partial charge is 0.260 e. The van der Waals surface area contributed by atoms with E-state index in [0.717, 1.165) is 10.9 Å². The van der Waals surface area contributed by atoms with Gasteiger partial charge in [-0.1, -0.05) is 54.6 Å². The van der Waals surface area contributed by atoms with Crippen LogP contribution in [0.2, 0.25) is 0 Å². The van der Waals surface area contributed by atoms with Gasteiger partial charge in [-0.2, -0.15) is 0 Å². The third kappa shape index (κ3) is 4.14. The first kappa shape index (κ1) is 22.1. The molecule has 0 aliphatic carbocycles. The number of para-hydroxylation sites is 3. The van der Waals surface area contributed by atoms with Gasteiger partial charge in [-0.15, -0.1) is 10.2 Å². The molecule has 0 fully saturated rings. The Kier molecular flexibility index (Phi) is 5.55. The van der Waals surface area contributed by atoms with Crippen molar-refractivity contribution in [1.29, 1.82) is 0 Å². The molecule has 0 bridgehead atoms. The molecule has 2 aromatic heterocycles. The number of aromatic nitrogens is 4. The molecular weight excluding hydrogens is 466 g/mol. The SMILES string of the molecule is O=C(Nc1ccccc1)c1c(O)c(N=Nc2nc3ccccc3n2-c2ncccn2)cc2ccccc12. The van der Waals surface area contributed by atoms with Crippen LogP contribution in [-0.4, -0.2) is 30.5 Å². The zero-order valence-electron chi connectivity index (χ0n) is 19.4. The summed E-state index contributed by atoms with van der Waals surface area (Å²) in [4.78, 5) is 26.5. The molecule has 9 heteroatoms. The van der Waals surface area contributed by atoms with Crippen LogP contribution in [0.3, 0.4) is 0 Å². The number of imidazole rings is 1. The predicted molar refractivity (Wildman–Crippen MR) is 141 cm³/mol. The van der Waals surface area contributed by atoms with Gasteiger partial charge in [0.25, 0.3) is 11.9 Å². The molecule has 0 saturated carbocycles. The second kappa shape index (κ2) is 9.31. The standard InChI is InChI=1S/C28H19N7O2/c36-25-22(17-18-9-4-5-12-20(18)24(25)26(37)31-19-10-2-1-3-11-19)33-34-28-32-21-13-6-7-14-23(21)35(28)27-29-15-8-16-30-27/h1-17,36H,(H,31,37). The summed E-state index contributed by atoms with van der Waals surface area (Å²) in [5, 5.41) is 24.0. The molecule has 0 spiro atoms. The molecule has 0 radical (unpaired) electrons. The summed E-state index contributed by atoms with van der Waals surface area (Å²) in [6, 6.07) is 27.2. The second-order valence-corrected chi connectivity index (χ2v) is 8.15. The van der Waals surface area contributed by atoms with E-state index in [9.17, 15) is 9.90 Å². The largest absolute Gasteiger partial charge is 0.505 e.